The lowest BCUT2D eigenvalue weighted by Crippen LogP contribution is -2.26. The maximum Gasteiger partial charge on any atom is 0.254 e. The summed E-state index contributed by atoms with van der Waals surface area (Å²) in [6.45, 7) is 0.199. The van der Waals surface area contributed by atoms with E-state index in [1.165, 1.54) is 18.4 Å². The number of aromatic nitrogens is 1. The smallest absolute Gasteiger partial charge is 0.254 e. The van der Waals surface area contributed by atoms with Gasteiger partial charge in [-0.1, -0.05) is 0 Å². The van der Waals surface area contributed by atoms with Crippen molar-refractivity contribution in [3.63, 3.8) is 0 Å². The van der Waals surface area contributed by atoms with Crippen LogP contribution in [-0.2, 0) is 6.42 Å². The molecule has 1 N–H and O–H groups in total. The Morgan fingerprint density at radius 1 is 1.04 bits per heavy atom. The van der Waals surface area contributed by atoms with E-state index < -0.39 is 17.5 Å². The highest BCUT2D eigenvalue weighted by Crippen LogP contribution is 2.19. The van der Waals surface area contributed by atoms with Gasteiger partial charge < -0.3 is 9.73 Å². The first kappa shape index (κ1) is 16.8. The Morgan fingerprint density at radius 2 is 1.76 bits per heavy atom. The first-order valence-corrected chi connectivity index (χ1v) is 7.46. The van der Waals surface area contributed by atoms with Crippen molar-refractivity contribution in [1.29, 1.82) is 0 Å². The number of rotatable bonds is 5. The molecule has 0 spiro atoms. The van der Waals surface area contributed by atoms with Crippen LogP contribution in [0.15, 0.2) is 53.1 Å². The molecule has 0 fully saturated rings. The molecule has 0 bridgehead atoms. The number of benzene rings is 2. The van der Waals surface area contributed by atoms with Crippen LogP contribution in [0.1, 0.15) is 16.1 Å². The average Bonchev–Trinajstić information content (AvgIpc) is 3.04. The maximum absolute atomic E-state index is 13.5. The van der Waals surface area contributed by atoms with Crippen molar-refractivity contribution in [2.24, 2.45) is 0 Å². The van der Waals surface area contributed by atoms with Crippen molar-refractivity contribution in [3.05, 3.63) is 77.4 Å². The lowest BCUT2D eigenvalue weighted by molar-refractivity contribution is 0.0950. The highest BCUT2D eigenvalue weighted by atomic mass is 19.1. The third-order valence-electron chi connectivity index (χ3n) is 3.49. The van der Waals surface area contributed by atoms with Crippen LogP contribution < -0.4 is 5.32 Å². The predicted molar refractivity (Wildman–Crippen MR) is 84.3 cm³/mol. The molecule has 0 radical (unpaired) electrons. The zero-order valence-electron chi connectivity index (χ0n) is 12.9. The molecule has 0 saturated heterocycles. The topological polar surface area (TPSA) is 55.1 Å². The van der Waals surface area contributed by atoms with Crippen LogP contribution in [-0.4, -0.2) is 17.4 Å². The number of amides is 1. The lowest BCUT2D eigenvalue weighted by atomic mass is 10.2. The average molecular weight is 346 g/mol. The Labute approximate surface area is 141 Å². The van der Waals surface area contributed by atoms with Gasteiger partial charge in [0.15, 0.2) is 0 Å². The van der Waals surface area contributed by atoms with Crippen molar-refractivity contribution >= 4 is 5.91 Å². The maximum atomic E-state index is 13.5. The Balaban J connectivity index is 1.57. The summed E-state index contributed by atoms with van der Waals surface area (Å²) in [7, 11) is 0. The van der Waals surface area contributed by atoms with E-state index in [4.69, 9.17) is 4.42 Å². The number of halogens is 3. The molecular formula is C18H13F3N2O2. The Hall–Kier alpha value is -3.09. The molecule has 1 heterocycles. The molecule has 3 aromatic rings. The summed E-state index contributed by atoms with van der Waals surface area (Å²) in [5.41, 5.74) is 0.984. The lowest BCUT2D eigenvalue weighted by Gasteiger charge is -2.05. The van der Waals surface area contributed by atoms with E-state index >= 15 is 0 Å². The quantitative estimate of drug-likeness (QED) is 0.766. The van der Waals surface area contributed by atoms with Gasteiger partial charge in [0, 0.05) is 24.6 Å². The van der Waals surface area contributed by atoms with Crippen LogP contribution in [0.25, 0.3) is 11.5 Å². The van der Waals surface area contributed by atoms with Crippen molar-refractivity contribution in [2.45, 2.75) is 6.42 Å². The Kier molecular flexibility index (Phi) is 4.83. The minimum Gasteiger partial charge on any atom is -0.444 e. The molecule has 0 aliphatic carbocycles. The molecule has 4 nitrogen and oxygen atoms in total. The zero-order valence-corrected chi connectivity index (χ0v) is 12.9. The largest absolute Gasteiger partial charge is 0.444 e. The Bertz CT molecular complexity index is 892. The minimum atomic E-state index is -0.919. The van der Waals surface area contributed by atoms with E-state index in [1.807, 2.05) is 0 Å². The third kappa shape index (κ3) is 4.06. The van der Waals surface area contributed by atoms with Gasteiger partial charge in [0.25, 0.3) is 5.91 Å². The van der Waals surface area contributed by atoms with Gasteiger partial charge in [0.1, 0.15) is 23.7 Å². The first-order valence-electron chi connectivity index (χ1n) is 7.46. The summed E-state index contributed by atoms with van der Waals surface area (Å²) >= 11 is 0. The second-order valence-corrected chi connectivity index (χ2v) is 5.28. The van der Waals surface area contributed by atoms with E-state index in [0.717, 1.165) is 12.1 Å². The van der Waals surface area contributed by atoms with Gasteiger partial charge in [-0.25, -0.2) is 18.2 Å². The zero-order chi connectivity index (χ0) is 17.8. The second kappa shape index (κ2) is 7.21. The van der Waals surface area contributed by atoms with Crippen LogP contribution in [0.5, 0.6) is 0 Å². The van der Waals surface area contributed by atoms with Crippen LogP contribution >= 0.6 is 0 Å². The van der Waals surface area contributed by atoms with Gasteiger partial charge in [-0.05, 0) is 36.4 Å². The van der Waals surface area contributed by atoms with Gasteiger partial charge in [-0.3, -0.25) is 4.79 Å². The summed E-state index contributed by atoms with van der Waals surface area (Å²) in [5, 5.41) is 2.53. The molecule has 3 rings (SSSR count). The monoisotopic (exact) mass is 346 g/mol. The van der Waals surface area contributed by atoms with Crippen molar-refractivity contribution < 1.29 is 22.4 Å². The first-order chi connectivity index (χ1) is 12.0. The van der Waals surface area contributed by atoms with Crippen LogP contribution in [0, 0.1) is 17.5 Å². The van der Waals surface area contributed by atoms with Gasteiger partial charge in [-0.15, -0.1) is 0 Å². The molecule has 25 heavy (non-hydrogen) atoms. The highest BCUT2D eigenvalue weighted by molar-refractivity contribution is 5.94. The highest BCUT2D eigenvalue weighted by Gasteiger charge is 2.12. The van der Waals surface area contributed by atoms with E-state index in [9.17, 15) is 18.0 Å². The molecule has 1 aromatic heterocycles. The van der Waals surface area contributed by atoms with E-state index in [-0.39, 0.29) is 17.9 Å². The molecule has 128 valence electrons. The fourth-order valence-corrected chi connectivity index (χ4v) is 2.22. The molecule has 2 aromatic carbocycles. The minimum absolute atomic E-state index is 0.199. The van der Waals surface area contributed by atoms with Crippen molar-refractivity contribution in [1.82, 2.24) is 10.3 Å². The molecule has 7 heteroatoms. The summed E-state index contributed by atoms with van der Waals surface area (Å²) in [5.74, 6) is -2.32. The van der Waals surface area contributed by atoms with E-state index in [1.54, 1.807) is 12.1 Å². The number of carbonyl (C=O) groups is 1. The van der Waals surface area contributed by atoms with Crippen LogP contribution in [0.3, 0.4) is 0 Å². The fraction of sp³-hybridized carbons (Fsp3) is 0.111. The predicted octanol–water partition coefficient (Wildman–Crippen LogP) is 3.73. The number of carbonyl (C=O) groups excluding carboxylic acids is 1. The summed E-state index contributed by atoms with van der Waals surface area (Å²) in [6, 6.07) is 8.45. The molecule has 1 amide bonds. The standard InChI is InChI=1S/C18H13F3N2O2/c19-12-3-1-11(2-4-12)18-23-14(10-25-18)7-8-22-17(24)15-6-5-13(20)9-16(15)21/h1-6,9-10H,7-8H2,(H,22,24). The fourth-order valence-electron chi connectivity index (χ4n) is 2.22. The number of hydrogen-bond acceptors (Lipinski definition) is 3. The summed E-state index contributed by atoms with van der Waals surface area (Å²) < 4.78 is 44.6. The third-order valence-corrected chi connectivity index (χ3v) is 3.49. The number of nitrogens with zero attached hydrogens (tertiary/aromatic N) is 1. The molecule has 0 atom stereocenters. The Morgan fingerprint density at radius 3 is 2.48 bits per heavy atom. The number of nitrogens with one attached hydrogen (secondary N) is 1. The van der Waals surface area contributed by atoms with Gasteiger partial charge in [-0.2, -0.15) is 0 Å². The van der Waals surface area contributed by atoms with Crippen molar-refractivity contribution in [3.8, 4) is 11.5 Å². The van der Waals surface area contributed by atoms with E-state index in [2.05, 4.69) is 10.3 Å². The molecule has 0 aliphatic heterocycles. The summed E-state index contributed by atoms with van der Waals surface area (Å²) in [4.78, 5) is 16.1. The molecule has 0 unspecified atom stereocenters. The molecule has 0 aliphatic rings. The molecular weight excluding hydrogens is 333 g/mol. The van der Waals surface area contributed by atoms with Gasteiger partial charge in [0.2, 0.25) is 5.89 Å². The second-order valence-electron chi connectivity index (χ2n) is 5.28. The van der Waals surface area contributed by atoms with Gasteiger partial charge in [0.05, 0.1) is 11.3 Å². The number of oxazole rings is 1. The van der Waals surface area contributed by atoms with Crippen molar-refractivity contribution in [2.75, 3.05) is 6.54 Å². The molecule has 0 saturated carbocycles. The van der Waals surface area contributed by atoms with Gasteiger partial charge >= 0.3 is 0 Å². The number of hydrogen-bond donors (Lipinski definition) is 1. The SMILES string of the molecule is O=C(NCCc1coc(-c2ccc(F)cc2)n1)c1ccc(F)cc1F. The van der Waals surface area contributed by atoms with Crippen LogP contribution in [0.2, 0.25) is 0 Å². The van der Waals surface area contributed by atoms with E-state index in [0.29, 0.717) is 29.6 Å². The normalized spacial score (nSPS) is 10.7. The van der Waals surface area contributed by atoms with Crippen LogP contribution in [0.4, 0.5) is 13.2 Å². The summed E-state index contributed by atoms with van der Waals surface area (Å²) in [6.07, 6.45) is 1.79.